The summed E-state index contributed by atoms with van der Waals surface area (Å²) in [7, 11) is 1.53. The topological polar surface area (TPSA) is 66.8 Å². The Hall–Kier alpha value is -1.47. The van der Waals surface area contributed by atoms with Gasteiger partial charge in [-0.15, -0.1) is 11.3 Å². The zero-order chi connectivity index (χ0) is 14.0. The maximum Gasteiger partial charge on any atom is 0.343 e. The summed E-state index contributed by atoms with van der Waals surface area (Å²) in [5.74, 6) is -1.84. The molecular formula is C12H14FNO4S. The first kappa shape index (κ1) is 14.0. The van der Waals surface area contributed by atoms with Crippen molar-refractivity contribution in [3.05, 3.63) is 21.9 Å². The van der Waals surface area contributed by atoms with Gasteiger partial charge in [-0.3, -0.25) is 4.79 Å². The van der Waals surface area contributed by atoms with E-state index < -0.39 is 18.2 Å². The third kappa shape index (κ3) is 2.62. The van der Waals surface area contributed by atoms with E-state index in [1.807, 2.05) is 0 Å². The minimum absolute atomic E-state index is 0.117. The molecule has 2 heterocycles. The van der Waals surface area contributed by atoms with Gasteiger partial charge in [-0.1, -0.05) is 0 Å². The van der Waals surface area contributed by atoms with Gasteiger partial charge in [0.25, 0.3) is 5.91 Å². The van der Waals surface area contributed by atoms with Crippen LogP contribution in [0.3, 0.4) is 0 Å². The van der Waals surface area contributed by atoms with Crippen molar-refractivity contribution in [1.82, 2.24) is 4.90 Å². The number of hydrogen-bond acceptors (Lipinski definition) is 4. The molecule has 1 N–H and O–H groups in total. The normalized spacial score (nSPS) is 22.7. The number of likely N-dealkylation sites (tertiary alicyclic amines) is 1. The Bertz CT molecular complexity index is 504. The maximum atomic E-state index is 13.9. The molecule has 1 atom stereocenters. The molecule has 2 rings (SSSR count). The molecule has 0 aromatic carbocycles. The molecule has 1 aromatic heterocycles. The van der Waals surface area contributed by atoms with Gasteiger partial charge in [0.15, 0.2) is 0 Å². The molecule has 19 heavy (non-hydrogen) atoms. The molecule has 1 amide bonds. The highest BCUT2D eigenvalue weighted by Crippen LogP contribution is 2.29. The molecular weight excluding hydrogens is 273 g/mol. The molecule has 0 aliphatic carbocycles. The van der Waals surface area contributed by atoms with Gasteiger partial charge in [-0.25, -0.2) is 9.18 Å². The number of carbonyl (C=O) groups is 2. The summed E-state index contributed by atoms with van der Waals surface area (Å²) in [5, 5.41) is 10.6. The van der Waals surface area contributed by atoms with E-state index in [0.717, 1.165) is 5.56 Å². The molecule has 1 aliphatic rings. The Labute approximate surface area is 113 Å². The first-order valence-electron chi connectivity index (χ1n) is 5.75. The molecule has 1 fully saturated rings. The van der Waals surface area contributed by atoms with Crippen LogP contribution in [0.15, 0.2) is 11.4 Å². The molecule has 5 nitrogen and oxygen atoms in total. The van der Waals surface area contributed by atoms with Crippen LogP contribution < -0.4 is 0 Å². The van der Waals surface area contributed by atoms with E-state index in [9.17, 15) is 14.0 Å². The predicted molar refractivity (Wildman–Crippen MR) is 67.0 cm³/mol. The number of carboxylic acids is 1. The van der Waals surface area contributed by atoms with Crippen molar-refractivity contribution in [1.29, 1.82) is 0 Å². The van der Waals surface area contributed by atoms with Crippen molar-refractivity contribution in [3.63, 3.8) is 0 Å². The number of aliphatic carboxylic acids is 1. The lowest BCUT2D eigenvalue weighted by molar-refractivity contribution is -0.149. The van der Waals surface area contributed by atoms with Crippen molar-refractivity contribution in [2.24, 2.45) is 0 Å². The monoisotopic (exact) mass is 287 g/mol. The van der Waals surface area contributed by atoms with Crippen LogP contribution in [0.1, 0.15) is 21.7 Å². The standard InChI is InChI=1S/C12H14FNO4S/c1-18-6-8-2-5-19-9(8)10(15)14-4-3-12(13,7-14)11(16)17/h2,5H,3-4,6-7H2,1H3,(H,16,17). The van der Waals surface area contributed by atoms with Crippen LogP contribution in [-0.4, -0.2) is 47.8 Å². The summed E-state index contributed by atoms with van der Waals surface area (Å²) in [4.78, 5) is 24.8. The maximum absolute atomic E-state index is 13.9. The number of methoxy groups -OCH3 is 1. The second-order valence-corrected chi connectivity index (χ2v) is 5.37. The number of ether oxygens (including phenoxy) is 1. The van der Waals surface area contributed by atoms with Crippen LogP contribution in [-0.2, 0) is 16.1 Å². The highest BCUT2D eigenvalue weighted by atomic mass is 32.1. The van der Waals surface area contributed by atoms with E-state index in [1.54, 1.807) is 11.4 Å². The molecule has 1 aliphatic heterocycles. The molecule has 104 valence electrons. The molecule has 0 saturated carbocycles. The largest absolute Gasteiger partial charge is 0.479 e. The van der Waals surface area contributed by atoms with Crippen molar-refractivity contribution in [3.8, 4) is 0 Å². The Morgan fingerprint density at radius 1 is 1.63 bits per heavy atom. The zero-order valence-electron chi connectivity index (χ0n) is 10.4. The first-order valence-corrected chi connectivity index (χ1v) is 6.63. The van der Waals surface area contributed by atoms with Gasteiger partial charge in [0, 0.05) is 25.6 Å². The number of nitrogens with zero attached hydrogens (tertiary/aromatic N) is 1. The second kappa shape index (κ2) is 5.26. The number of halogens is 1. The van der Waals surface area contributed by atoms with Crippen molar-refractivity contribution in [2.45, 2.75) is 18.7 Å². The number of thiophene rings is 1. The second-order valence-electron chi connectivity index (χ2n) is 4.46. The van der Waals surface area contributed by atoms with Crippen LogP contribution in [0, 0.1) is 0 Å². The Morgan fingerprint density at radius 2 is 2.37 bits per heavy atom. The van der Waals surface area contributed by atoms with E-state index in [4.69, 9.17) is 9.84 Å². The molecule has 1 aromatic rings. The highest BCUT2D eigenvalue weighted by Gasteiger charge is 2.47. The smallest absolute Gasteiger partial charge is 0.343 e. The number of hydrogen-bond donors (Lipinski definition) is 1. The summed E-state index contributed by atoms with van der Waals surface area (Å²) >= 11 is 1.25. The van der Waals surface area contributed by atoms with Crippen LogP contribution in [0.4, 0.5) is 4.39 Å². The number of carbonyl (C=O) groups excluding carboxylic acids is 1. The number of alkyl halides is 1. The van der Waals surface area contributed by atoms with Gasteiger partial charge >= 0.3 is 5.97 Å². The van der Waals surface area contributed by atoms with E-state index in [2.05, 4.69) is 0 Å². The van der Waals surface area contributed by atoms with E-state index in [-0.39, 0.29) is 18.9 Å². The third-order valence-electron chi connectivity index (χ3n) is 3.13. The summed E-state index contributed by atoms with van der Waals surface area (Å²) in [6, 6.07) is 1.78. The lowest BCUT2D eigenvalue weighted by atomic mass is 10.1. The lowest BCUT2D eigenvalue weighted by Gasteiger charge is -2.17. The van der Waals surface area contributed by atoms with Gasteiger partial charge in [0.05, 0.1) is 18.0 Å². The van der Waals surface area contributed by atoms with Crippen LogP contribution in [0.5, 0.6) is 0 Å². The molecule has 0 bridgehead atoms. The Morgan fingerprint density at radius 3 is 2.95 bits per heavy atom. The Balaban J connectivity index is 2.13. The fourth-order valence-electron chi connectivity index (χ4n) is 2.06. The molecule has 7 heteroatoms. The molecule has 1 saturated heterocycles. The lowest BCUT2D eigenvalue weighted by Crippen LogP contribution is -2.38. The zero-order valence-corrected chi connectivity index (χ0v) is 11.2. The molecule has 1 unspecified atom stereocenters. The fraction of sp³-hybridized carbons (Fsp3) is 0.500. The highest BCUT2D eigenvalue weighted by molar-refractivity contribution is 7.12. The fourth-order valence-corrected chi connectivity index (χ4v) is 2.93. The Kier molecular flexibility index (Phi) is 3.86. The van der Waals surface area contributed by atoms with Crippen LogP contribution in [0.25, 0.3) is 0 Å². The number of amides is 1. The van der Waals surface area contributed by atoms with E-state index in [0.29, 0.717) is 11.5 Å². The van der Waals surface area contributed by atoms with Crippen molar-refractivity contribution in [2.75, 3.05) is 20.2 Å². The van der Waals surface area contributed by atoms with Crippen LogP contribution >= 0.6 is 11.3 Å². The molecule has 0 spiro atoms. The quantitative estimate of drug-likeness (QED) is 0.912. The van der Waals surface area contributed by atoms with Gasteiger partial charge in [-0.05, 0) is 11.4 Å². The van der Waals surface area contributed by atoms with Gasteiger partial charge in [-0.2, -0.15) is 0 Å². The SMILES string of the molecule is COCc1ccsc1C(=O)N1CCC(F)(C(=O)O)C1. The molecule has 0 radical (unpaired) electrons. The van der Waals surface area contributed by atoms with Gasteiger partial charge in [0.2, 0.25) is 5.67 Å². The van der Waals surface area contributed by atoms with Crippen LogP contribution in [0.2, 0.25) is 0 Å². The summed E-state index contributed by atoms with van der Waals surface area (Å²) in [6.07, 6.45) is -0.168. The number of rotatable bonds is 4. The van der Waals surface area contributed by atoms with Crippen molar-refractivity contribution < 1.29 is 23.8 Å². The summed E-state index contributed by atoms with van der Waals surface area (Å²) < 4.78 is 18.9. The summed E-state index contributed by atoms with van der Waals surface area (Å²) in [5.41, 5.74) is -1.59. The number of carboxylic acid groups (broad SMARTS) is 1. The van der Waals surface area contributed by atoms with Gasteiger partial charge in [0.1, 0.15) is 0 Å². The third-order valence-corrected chi connectivity index (χ3v) is 4.08. The summed E-state index contributed by atoms with van der Waals surface area (Å²) in [6.45, 7) is 0.0234. The van der Waals surface area contributed by atoms with Crippen molar-refractivity contribution >= 4 is 23.2 Å². The predicted octanol–water partition coefficient (Wildman–Crippen LogP) is 1.53. The van der Waals surface area contributed by atoms with E-state index in [1.165, 1.54) is 23.3 Å². The van der Waals surface area contributed by atoms with E-state index >= 15 is 0 Å². The average molecular weight is 287 g/mol. The first-order chi connectivity index (χ1) is 8.98. The average Bonchev–Trinajstić information content (AvgIpc) is 2.97. The minimum atomic E-state index is -2.33. The minimum Gasteiger partial charge on any atom is -0.479 e. The van der Waals surface area contributed by atoms with Gasteiger partial charge < -0.3 is 14.7 Å².